The lowest BCUT2D eigenvalue weighted by Gasteiger charge is -2.34. The van der Waals surface area contributed by atoms with Crippen molar-refractivity contribution in [2.75, 3.05) is 19.7 Å². The van der Waals surface area contributed by atoms with Gasteiger partial charge in [0.25, 0.3) is 10.0 Å². The van der Waals surface area contributed by atoms with Gasteiger partial charge in [-0.15, -0.1) is 11.3 Å². The topological polar surface area (TPSA) is 118 Å². The molecule has 2 aromatic heterocycles. The van der Waals surface area contributed by atoms with E-state index in [4.69, 9.17) is 4.74 Å². The Hall–Kier alpha value is -2.34. The molecule has 0 bridgehead atoms. The molecule has 1 aliphatic rings. The standard InChI is InChI=1S/C17H20N4O5S2/c22-16(19-11-13-4-1-6-18-10-13)17(23)20-12-14-21(7-3-8-26-14)28(24,25)15-5-2-9-27-15/h1-2,4-6,9-10,14H,3,7-8,11-12H2,(H,19,22)(H,20,23). The molecule has 1 unspecified atom stereocenters. The molecule has 0 aliphatic carbocycles. The normalized spacial score (nSPS) is 17.8. The van der Waals surface area contributed by atoms with Crippen LogP contribution in [0.25, 0.3) is 0 Å². The first-order valence-electron chi connectivity index (χ1n) is 8.60. The third-order valence-electron chi connectivity index (χ3n) is 4.03. The molecule has 1 saturated heterocycles. The Kier molecular flexibility index (Phi) is 6.73. The molecule has 150 valence electrons. The van der Waals surface area contributed by atoms with Crippen molar-refractivity contribution in [2.24, 2.45) is 0 Å². The van der Waals surface area contributed by atoms with Crippen LogP contribution >= 0.6 is 11.3 Å². The minimum Gasteiger partial charge on any atom is -0.360 e. The van der Waals surface area contributed by atoms with Crippen LogP contribution in [0.3, 0.4) is 0 Å². The summed E-state index contributed by atoms with van der Waals surface area (Å²) in [6, 6.07) is 6.68. The van der Waals surface area contributed by atoms with Crippen molar-refractivity contribution in [1.82, 2.24) is 19.9 Å². The molecule has 0 spiro atoms. The third kappa shape index (κ3) is 4.93. The molecule has 0 aromatic carbocycles. The molecule has 1 aliphatic heterocycles. The van der Waals surface area contributed by atoms with Crippen molar-refractivity contribution in [3.63, 3.8) is 0 Å². The smallest absolute Gasteiger partial charge is 0.309 e. The molecular weight excluding hydrogens is 404 g/mol. The second kappa shape index (κ2) is 9.24. The highest BCUT2D eigenvalue weighted by atomic mass is 32.2. The third-order valence-corrected chi connectivity index (χ3v) is 7.29. The lowest BCUT2D eigenvalue weighted by Crippen LogP contribution is -2.52. The van der Waals surface area contributed by atoms with Crippen molar-refractivity contribution in [3.8, 4) is 0 Å². The Morgan fingerprint density at radius 3 is 2.79 bits per heavy atom. The highest BCUT2D eigenvalue weighted by Crippen LogP contribution is 2.25. The van der Waals surface area contributed by atoms with E-state index in [-0.39, 0.29) is 23.8 Å². The van der Waals surface area contributed by atoms with Gasteiger partial charge in [0.1, 0.15) is 10.4 Å². The number of thiophene rings is 1. The SMILES string of the molecule is O=C(NCc1cccnc1)C(=O)NCC1OCCCN1S(=O)(=O)c1cccs1. The van der Waals surface area contributed by atoms with Crippen LogP contribution in [-0.4, -0.2) is 55.4 Å². The van der Waals surface area contributed by atoms with Gasteiger partial charge in [0.05, 0.1) is 13.2 Å². The van der Waals surface area contributed by atoms with Gasteiger partial charge < -0.3 is 15.4 Å². The quantitative estimate of drug-likeness (QED) is 0.645. The number of carbonyl (C=O) groups excluding carboxylic acids is 2. The van der Waals surface area contributed by atoms with Crippen LogP contribution in [0.2, 0.25) is 0 Å². The maximum absolute atomic E-state index is 12.8. The molecule has 0 saturated carbocycles. The predicted molar refractivity (Wildman–Crippen MR) is 102 cm³/mol. The number of hydrogen-bond acceptors (Lipinski definition) is 7. The molecule has 9 nitrogen and oxygen atoms in total. The Morgan fingerprint density at radius 2 is 2.07 bits per heavy atom. The van der Waals surface area contributed by atoms with Crippen LogP contribution in [0.5, 0.6) is 0 Å². The Balaban J connectivity index is 1.55. The highest BCUT2D eigenvalue weighted by molar-refractivity contribution is 7.91. The Morgan fingerprint density at radius 1 is 1.25 bits per heavy atom. The molecule has 3 heterocycles. The van der Waals surface area contributed by atoms with Gasteiger partial charge in [0.15, 0.2) is 0 Å². The van der Waals surface area contributed by atoms with Gasteiger partial charge >= 0.3 is 11.8 Å². The summed E-state index contributed by atoms with van der Waals surface area (Å²) in [4.78, 5) is 27.9. The number of ether oxygens (including phenoxy) is 1. The van der Waals surface area contributed by atoms with Crippen LogP contribution in [0.4, 0.5) is 0 Å². The van der Waals surface area contributed by atoms with Crippen molar-refractivity contribution < 1.29 is 22.7 Å². The first-order valence-corrected chi connectivity index (χ1v) is 10.9. The van der Waals surface area contributed by atoms with Gasteiger partial charge in [-0.2, -0.15) is 4.31 Å². The summed E-state index contributed by atoms with van der Waals surface area (Å²) in [5.41, 5.74) is 0.757. The van der Waals surface area contributed by atoms with E-state index >= 15 is 0 Å². The van der Waals surface area contributed by atoms with E-state index in [1.165, 1.54) is 10.4 Å². The number of rotatable bonds is 6. The number of hydrogen-bond donors (Lipinski definition) is 2. The molecule has 2 aromatic rings. The number of carbonyl (C=O) groups is 2. The fourth-order valence-corrected chi connectivity index (χ4v) is 5.34. The minimum absolute atomic E-state index is 0.121. The van der Waals surface area contributed by atoms with E-state index < -0.39 is 28.1 Å². The first-order chi connectivity index (χ1) is 13.5. The summed E-state index contributed by atoms with van der Waals surface area (Å²) >= 11 is 1.12. The fourth-order valence-electron chi connectivity index (χ4n) is 2.65. The molecule has 0 radical (unpaired) electrons. The fraction of sp³-hybridized carbons (Fsp3) is 0.353. The maximum Gasteiger partial charge on any atom is 0.309 e. The molecular formula is C17H20N4O5S2. The summed E-state index contributed by atoms with van der Waals surface area (Å²) in [5, 5.41) is 6.61. The van der Waals surface area contributed by atoms with Crippen LogP contribution < -0.4 is 10.6 Å². The van der Waals surface area contributed by atoms with Gasteiger partial charge in [-0.05, 0) is 29.5 Å². The second-order valence-electron chi connectivity index (χ2n) is 5.98. The molecule has 1 fully saturated rings. The molecule has 2 amide bonds. The number of pyridine rings is 1. The maximum atomic E-state index is 12.8. The molecule has 11 heteroatoms. The van der Waals surface area contributed by atoms with Crippen molar-refractivity contribution >= 4 is 33.2 Å². The zero-order valence-electron chi connectivity index (χ0n) is 14.9. The van der Waals surface area contributed by atoms with Crippen molar-refractivity contribution in [1.29, 1.82) is 0 Å². The van der Waals surface area contributed by atoms with E-state index in [0.717, 1.165) is 16.9 Å². The lowest BCUT2D eigenvalue weighted by atomic mass is 10.3. The first kappa shape index (κ1) is 20.4. The number of nitrogens with one attached hydrogen (secondary N) is 2. The van der Waals surface area contributed by atoms with Crippen LogP contribution in [0, 0.1) is 0 Å². The van der Waals surface area contributed by atoms with Crippen LogP contribution in [-0.2, 0) is 30.9 Å². The van der Waals surface area contributed by atoms with E-state index in [9.17, 15) is 18.0 Å². The Labute approximate surface area is 166 Å². The highest BCUT2D eigenvalue weighted by Gasteiger charge is 2.35. The van der Waals surface area contributed by atoms with E-state index in [1.807, 2.05) is 0 Å². The van der Waals surface area contributed by atoms with E-state index in [2.05, 4.69) is 15.6 Å². The summed E-state index contributed by atoms with van der Waals surface area (Å²) in [7, 11) is -3.71. The van der Waals surface area contributed by atoms with Gasteiger partial charge in [0, 0.05) is 25.5 Å². The minimum atomic E-state index is -3.71. The van der Waals surface area contributed by atoms with Crippen molar-refractivity contribution in [2.45, 2.75) is 23.4 Å². The van der Waals surface area contributed by atoms with Gasteiger partial charge in [0.2, 0.25) is 0 Å². The monoisotopic (exact) mass is 424 g/mol. The summed E-state index contributed by atoms with van der Waals surface area (Å²) in [6.45, 7) is 0.709. The molecule has 1 atom stereocenters. The number of amides is 2. The summed E-state index contributed by atoms with van der Waals surface area (Å²) in [5.74, 6) is -1.67. The van der Waals surface area contributed by atoms with Gasteiger partial charge in [-0.25, -0.2) is 8.42 Å². The predicted octanol–water partition coefficient (Wildman–Crippen LogP) is 0.313. The van der Waals surface area contributed by atoms with Crippen LogP contribution in [0.1, 0.15) is 12.0 Å². The summed E-state index contributed by atoms with van der Waals surface area (Å²) in [6.07, 6.45) is 2.89. The number of aromatic nitrogens is 1. The Bertz CT molecular complexity index is 903. The largest absolute Gasteiger partial charge is 0.360 e. The van der Waals surface area contributed by atoms with Crippen molar-refractivity contribution in [3.05, 3.63) is 47.6 Å². The average molecular weight is 425 g/mol. The van der Waals surface area contributed by atoms with E-state index in [0.29, 0.717) is 13.0 Å². The zero-order valence-corrected chi connectivity index (χ0v) is 16.5. The summed E-state index contributed by atoms with van der Waals surface area (Å²) < 4.78 is 32.5. The molecule has 28 heavy (non-hydrogen) atoms. The van der Waals surface area contributed by atoms with Crippen LogP contribution in [0.15, 0.2) is 46.2 Å². The van der Waals surface area contributed by atoms with E-state index in [1.54, 1.807) is 36.0 Å². The second-order valence-corrected chi connectivity index (χ2v) is 9.05. The average Bonchev–Trinajstić information content (AvgIpc) is 3.27. The molecule has 3 rings (SSSR count). The lowest BCUT2D eigenvalue weighted by molar-refractivity contribution is -0.140. The number of sulfonamides is 1. The van der Waals surface area contributed by atoms with Gasteiger partial charge in [-0.3, -0.25) is 14.6 Å². The van der Waals surface area contributed by atoms with Gasteiger partial charge in [-0.1, -0.05) is 12.1 Å². The molecule has 2 N–H and O–H groups in total. The number of nitrogens with zero attached hydrogens (tertiary/aromatic N) is 2. The zero-order chi connectivity index (χ0) is 20.0.